The van der Waals surface area contributed by atoms with Crippen LogP contribution >= 0.6 is 15.9 Å². The monoisotopic (exact) mass is 231 g/mol. The topological polar surface area (TPSA) is 38.3 Å². The van der Waals surface area contributed by atoms with Gasteiger partial charge in [0.2, 0.25) is 0 Å². The molecule has 4 heteroatoms. The zero-order valence-corrected chi connectivity index (χ0v) is 8.35. The van der Waals surface area contributed by atoms with Gasteiger partial charge in [0, 0.05) is 28.5 Å². The summed E-state index contributed by atoms with van der Waals surface area (Å²) in [4.78, 5) is 13.3. The Kier molecular flexibility index (Phi) is 3.57. The summed E-state index contributed by atoms with van der Waals surface area (Å²) in [5, 5.41) is 2.76. The highest BCUT2D eigenvalue weighted by Crippen LogP contribution is 2.11. The van der Waals surface area contributed by atoms with Crippen molar-refractivity contribution in [3.63, 3.8) is 0 Å². The molecular weight excluding hydrogens is 222 g/mol. The lowest BCUT2D eigenvalue weighted by Crippen LogP contribution is -2.38. The van der Waals surface area contributed by atoms with Gasteiger partial charge in [-0.3, -0.25) is 4.79 Å². The largest absolute Gasteiger partial charge is 0.376 e. The van der Waals surface area contributed by atoms with Crippen molar-refractivity contribution in [1.82, 2.24) is 5.32 Å². The van der Waals surface area contributed by atoms with Crippen LogP contribution < -0.4 is 5.32 Å². The fourth-order valence-corrected chi connectivity index (χ4v) is 1.35. The van der Waals surface area contributed by atoms with Crippen LogP contribution in [0.25, 0.3) is 0 Å². The smallest absolute Gasteiger partial charge is 0.297 e. The van der Waals surface area contributed by atoms with Gasteiger partial charge in [0.25, 0.3) is 5.91 Å². The predicted octanol–water partition coefficient (Wildman–Crippen LogP) is 0.636. The molecule has 3 nitrogen and oxygen atoms in total. The van der Waals surface area contributed by atoms with Gasteiger partial charge in [0.05, 0.1) is 12.1 Å². The predicted molar refractivity (Wildman–Crippen MR) is 48.7 cm³/mol. The van der Waals surface area contributed by atoms with Crippen LogP contribution in [0.1, 0.15) is 13.3 Å². The molecule has 0 radical (unpaired) electrons. The molecule has 2 unspecified atom stereocenters. The molecule has 0 aromatic rings. The Morgan fingerprint density at radius 2 is 2.50 bits per heavy atom. The van der Waals surface area contributed by atoms with E-state index >= 15 is 0 Å². The maximum Gasteiger partial charge on any atom is 0.297 e. The normalized spacial score (nSPS) is 27.5. The second kappa shape index (κ2) is 4.48. The lowest BCUT2D eigenvalue weighted by atomic mass is 10.1. The van der Waals surface area contributed by atoms with Crippen LogP contribution in [0.4, 0.5) is 0 Å². The molecule has 1 saturated heterocycles. The van der Waals surface area contributed by atoms with Crippen LogP contribution in [-0.4, -0.2) is 24.7 Å². The van der Waals surface area contributed by atoms with E-state index in [4.69, 9.17) is 4.74 Å². The Morgan fingerprint density at radius 3 is 3.00 bits per heavy atom. The third-order valence-corrected chi connectivity index (χ3v) is 2.05. The van der Waals surface area contributed by atoms with Crippen LogP contribution in [0, 0.1) is 10.8 Å². The maximum absolute atomic E-state index is 11.0. The maximum atomic E-state index is 11.0. The van der Waals surface area contributed by atoms with Crippen molar-refractivity contribution in [3.05, 3.63) is 0 Å². The fraction of sp³-hybridized carbons (Fsp3) is 0.625. The zero-order chi connectivity index (χ0) is 8.97. The number of amides is 1. The number of hydrogen-bond donors (Lipinski definition) is 1. The van der Waals surface area contributed by atoms with Crippen LogP contribution in [0.15, 0.2) is 0 Å². The van der Waals surface area contributed by atoms with Gasteiger partial charge in [-0.1, -0.05) is 0 Å². The first kappa shape index (κ1) is 9.56. The third-order valence-electron chi connectivity index (χ3n) is 1.85. The minimum atomic E-state index is -0.255. The number of carbonyl (C=O) groups is 1. The van der Waals surface area contributed by atoms with Crippen molar-refractivity contribution in [1.29, 1.82) is 0 Å². The molecule has 1 fully saturated rings. The Bertz CT molecular complexity index is 231. The van der Waals surface area contributed by atoms with Gasteiger partial charge < -0.3 is 10.1 Å². The summed E-state index contributed by atoms with van der Waals surface area (Å²) in [5.74, 6) is 2.10. The van der Waals surface area contributed by atoms with Crippen LogP contribution in [0.3, 0.4) is 0 Å². The molecular formula is C8H10BrNO2. The molecule has 1 aliphatic rings. The highest BCUT2D eigenvalue weighted by Gasteiger charge is 2.24. The lowest BCUT2D eigenvalue weighted by molar-refractivity contribution is -0.116. The van der Waals surface area contributed by atoms with Crippen molar-refractivity contribution in [2.24, 2.45) is 0 Å². The molecule has 1 aliphatic heterocycles. The standard InChI is InChI=1S/C8H10BrNO2/c1-6-7(3-5-12-6)10-8(11)2-4-9/h6-7H,3,5H2,1H3,(H,10,11). The van der Waals surface area contributed by atoms with Crippen LogP contribution in [-0.2, 0) is 9.53 Å². The summed E-state index contributed by atoms with van der Waals surface area (Å²) in [6.07, 6.45) is 0.975. The quantitative estimate of drug-likeness (QED) is 0.673. The molecule has 1 rings (SSSR count). The number of rotatable bonds is 1. The minimum absolute atomic E-state index is 0.103. The van der Waals surface area contributed by atoms with Gasteiger partial charge in [0.1, 0.15) is 0 Å². The highest BCUT2D eigenvalue weighted by atomic mass is 79.9. The van der Waals surface area contributed by atoms with Crippen LogP contribution in [0.2, 0.25) is 0 Å². The highest BCUT2D eigenvalue weighted by molar-refractivity contribution is 9.12. The van der Waals surface area contributed by atoms with Gasteiger partial charge >= 0.3 is 0 Å². The van der Waals surface area contributed by atoms with Crippen molar-refractivity contribution in [2.75, 3.05) is 6.61 Å². The van der Waals surface area contributed by atoms with Gasteiger partial charge in [0.15, 0.2) is 0 Å². The van der Waals surface area contributed by atoms with Crippen molar-refractivity contribution >= 4 is 21.8 Å². The summed E-state index contributed by atoms with van der Waals surface area (Å²) < 4.78 is 5.27. The molecule has 2 atom stereocenters. The number of nitrogens with one attached hydrogen (secondary N) is 1. The Hall–Kier alpha value is -0.530. The number of ether oxygens (including phenoxy) is 1. The molecule has 1 heterocycles. The molecule has 0 aromatic carbocycles. The van der Waals surface area contributed by atoms with E-state index < -0.39 is 0 Å². The minimum Gasteiger partial charge on any atom is -0.376 e. The summed E-state index contributed by atoms with van der Waals surface area (Å²) in [7, 11) is 0. The van der Waals surface area contributed by atoms with E-state index in [1.165, 1.54) is 0 Å². The van der Waals surface area contributed by atoms with E-state index in [1.807, 2.05) is 6.92 Å². The average molecular weight is 232 g/mol. The van der Waals surface area contributed by atoms with Crippen molar-refractivity contribution in [3.8, 4) is 10.8 Å². The third kappa shape index (κ3) is 2.50. The first-order valence-corrected chi connectivity index (χ1v) is 4.57. The lowest BCUT2D eigenvalue weighted by Gasteiger charge is -2.13. The summed E-state index contributed by atoms with van der Waals surface area (Å²) in [5.41, 5.74) is 0. The van der Waals surface area contributed by atoms with E-state index in [1.54, 1.807) is 0 Å². The first-order chi connectivity index (χ1) is 5.74. The van der Waals surface area contributed by atoms with Crippen molar-refractivity contribution in [2.45, 2.75) is 25.5 Å². The summed E-state index contributed by atoms with van der Waals surface area (Å²) in [6.45, 7) is 2.66. The number of carbonyl (C=O) groups excluding carboxylic acids is 1. The molecule has 0 bridgehead atoms. The zero-order valence-electron chi connectivity index (χ0n) is 6.76. The van der Waals surface area contributed by atoms with Crippen molar-refractivity contribution < 1.29 is 9.53 Å². The Balaban J connectivity index is 2.38. The Labute approximate surface area is 80.0 Å². The van der Waals surface area contributed by atoms with Gasteiger partial charge in [-0.25, -0.2) is 0 Å². The number of halogens is 1. The molecule has 1 amide bonds. The molecule has 0 spiro atoms. The molecule has 0 aliphatic carbocycles. The van der Waals surface area contributed by atoms with Gasteiger partial charge in [-0.15, -0.1) is 0 Å². The van der Waals surface area contributed by atoms with E-state index in [0.717, 1.165) is 6.42 Å². The second-order valence-corrected chi connectivity index (χ2v) is 3.06. The van der Waals surface area contributed by atoms with Gasteiger partial charge in [-0.05, 0) is 18.2 Å². The molecule has 1 N–H and O–H groups in total. The van der Waals surface area contributed by atoms with Crippen LogP contribution in [0.5, 0.6) is 0 Å². The fourth-order valence-electron chi connectivity index (χ4n) is 1.17. The average Bonchev–Trinajstić information content (AvgIpc) is 2.37. The van der Waals surface area contributed by atoms with E-state index in [-0.39, 0.29) is 18.1 Å². The molecule has 0 saturated carbocycles. The first-order valence-electron chi connectivity index (χ1n) is 3.78. The van der Waals surface area contributed by atoms with E-state index in [0.29, 0.717) is 6.61 Å². The second-order valence-electron chi connectivity index (χ2n) is 2.66. The Morgan fingerprint density at radius 1 is 1.75 bits per heavy atom. The molecule has 12 heavy (non-hydrogen) atoms. The van der Waals surface area contributed by atoms with E-state index in [9.17, 15) is 4.79 Å². The molecule has 0 aromatic heterocycles. The van der Waals surface area contributed by atoms with E-state index in [2.05, 4.69) is 32.0 Å². The SMILES string of the molecule is CC1OCCC1NC(=O)C#CBr. The van der Waals surface area contributed by atoms with Gasteiger partial charge in [-0.2, -0.15) is 0 Å². The molecule has 66 valence electrons. The summed E-state index contributed by atoms with van der Waals surface area (Å²) >= 11 is 2.86. The summed E-state index contributed by atoms with van der Waals surface area (Å²) in [6, 6.07) is 0.117. The number of hydrogen-bond acceptors (Lipinski definition) is 2.